The van der Waals surface area contributed by atoms with Crippen LogP contribution in [0.3, 0.4) is 0 Å². The quantitative estimate of drug-likeness (QED) is 0.796. The van der Waals surface area contributed by atoms with Crippen LogP contribution in [0, 0.1) is 6.92 Å². The van der Waals surface area contributed by atoms with Crippen molar-refractivity contribution < 1.29 is 17.7 Å². The van der Waals surface area contributed by atoms with E-state index in [-0.39, 0.29) is 12.8 Å². The number of piperidine rings is 1. The van der Waals surface area contributed by atoms with Crippen molar-refractivity contribution in [3.63, 3.8) is 0 Å². The Morgan fingerprint density at radius 3 is 2.63 bits per heavy atom. The van der Waals surface area contributed by atoms with E-state index in [1.54, 1.807) is 6.07 Å². The zero-order valence-corrected chi connectivity index (χ0v) is 16.5. The van der Waals surface area contributed by atoms with Crippen LogP contribution >= 0.6 is 0 Å². The van der Waals surface area contributed by atoms with Gasteiger partial charge in [0.15, 0.2) is 20.4 Å². The highest BCUT2D eigenvalue weighted by Gasteiger charge is 2.48. The van der Waals surface area contributed by atoms with Gasteiger partial charge in [-0.1, -0.05) is 18.1 Å². The fraction of sp³-hybridized carbons (Fsp3) is 0.500. The van der Waals surface area contributed by atoms with Gasteiger partial charge in [-0.05, 0) is 50.6 Å². The van der Waals surface area contributed by atoms with Crippen molar-refractivity contribution in [1.29, 1.82) is 0 Å². The maximum absolute atomic E-state index is 13.0. The SMILES string of the molecule is CCc1noc(-c2ccc(C)c(NC(=O)C3(S(C)(=O)=O)CCNCC3)c2)n1. The highest BCUT2D eigenvalue weighted by atomic mass is 32.2. The number of amides is 1. The smallest absolute Gasteiger partial charge is 0.257 e. The van der Waals surface area contributed by atoms with Crippen molar-refractivity contribution in [3.8, 4) is 11.5 Å². The van der Waals surface area contributed by atoms with E-state index in [2.05, 4.69) is 20.8 Å². The third kappa shape index (κ3) is 3.74. The van der Waals surface area contributed by atoms with E-state index in [0.717, 1.165) is 11.8 Å². The molecule has 0 aliphatic carbocycles. The molecule has 1 aliphatic rings. The third-order valence-electron chi connectivity index (χ3n) is 5.05. The van der Waals surface area contributed by atoms with Gasteiger partial charge in [-0.15, -0.1) is 0 Å². The number of hydrogen-bond acceptors (Lipinski definition) is 7. The van der Waals surface area contributed by atoms with Crippen molar-refractivity contribution in [2.24, 2.45) is 0 Å². The van der Waals surface area contributed by atoms with E-state index >= 15 is 0 Å². The first kappa shape index (κ1) is 19.5. The van der Waals surface area contributed by atoms with Gasteiger partial charge in [-0.25, -0.2) is 8.42 Å². The zero-order chi connectivity index (χ0) is 19.7. The summed E-state index contributed by atoms with van der Waals surface area (Å²) >= 11 is 0. The average Bonchev–Trinajstić information content (AvgIpc) is 3.12. The normalized spacial score (nSPS) is 16.9. The van der Waals surface area contributed by atoms with Crippen LogP contribution in [0.4, 0.5) is 5.69 Å². The Labute approximate surface area is 158 Å². The molecule has 1 aromatic carbocycles. The number of aromatic nitrogens is 2. The summed E-state index contributed by atoms with van der Waals surface area (Å²) in [4.78, 5) is 17.3. The fourth-order valence-electron chi connectivity index (χ4n) is 3.24. The van der Waals surface area contributed by atoms with E-state index in [1.807, 2.05) is 26.0 Å². The number of carbonyl (C=O) groups excluding carboxylic acids is 1. The zero-order valence-electron chi connectivity index (χ0n) is 15.7. The summed E-state index contributed by atoms with van der Waals surface area (Å²) in [7, 11) is -3.57. The number of anilines is 1. The topological polar surface area (TPSA) is 114 Å². The Bertz CT molecular complexity index is 946. The Kier molecular flexibility index (Phi) is 5.34. The van der Waals surface area contributed by atoms with Crippen LogP contribution in [0.25, 0.3) is 11.5 Å². The number of nitrogens with one attached hydrogen (secondary N) is 2. The van der Waals surface area contributed by atoms with Gasteiger partial charge < -0.3 is 15.2 Å². The lowest BCUT2D eigenvalue weighted by Gasteiger charge is -2.34. The van der Waals surface area contributed by atoms with Crippen LogP contribution in [0.2, 0.25) is 0 Å². The maximum atomic E-state index is 13.0. The second-order valence-corrected chi connectivity index (χ2v) is 9.20. The van der Waals surface area contributed by atoms with Crippen molar-refractivity contribution in [2.45, 2.75) is 37.9 Å². The van der Waals surface area contributed by atoms with Gasteiger partial charge in [-0.3, -0.25) is 4.79 Å². The van der Waals surface area contributed by atoms with E-state index < -0.39 is 20.5 Å². The average molecular weight is 392 g/mol. The number of carbonyl (C=O) groups is 1. The first-order valence-corrected chi connectivity index (χ1v) is 10.8. The predicted octanol–water partition coefficient (Wildman–Crippen LogP) is 1.71. The highest BCUT2D eigenvalue weighted by molar-refractivity contribution is 7.92. The van der Waals surface area contributed by atoms with Gasteiger partial charge in [0, 0.05) is 23.9 Å². The van der Waals surface area contributed by atoms with Crippen molar-refractivity contribution in [2.75, 3.05) is 24.7 Å². The van der Waals surface area contributed by atoms with Crippen LogP contribution in [0.15, 0.2) is 22.7 Å². The number of aryl methyl sites for hydroxylation is 2. The maximum Gasteiger partial charge on any atom is 0.257 e. The lowest BCUT2D eigenvalue weighted by Crippen LogP contribution is -2.55. The summed E-state index contributed by atoms with van der Waals surface area (Å²) in [5, 5.41) is 9.81. The van der Waals surface area contributed by atoms with Crippen molar-refractivity contribution in [3.05, 3.63) is 29.6 Å². The van der Waals surface area contributed by atoms with Crippen LogP contribution < -0.4 is 10.6 Å². The van der Waals surface area contributed by atoms with Crippen LogP contribution in [0.5, 0.6) is 0 Å². The van der Waals surface area contributed by atoms with Crippen LogP contribution in [-0.2, 0) is 21.1 Å². The van der Waals surface area contributed by atoms with Crippen LogP contribution in [-0.4, -0.2) is 48.6 Å². The Morgan fingerprint density at radius 1 is 1.33 bits per heavy atom. The molecule has 8 nitrogen and oxygen atoms in total. The molecule has 27 heavy (non-hydrogen) atoms. The van der Waals surface area contributed by atoms with Crippen LogP contribution in [0.1, 0.15) is 31.2 Å². The minimum absolute atomic E-state index is 0.250. The summed E-state index contributed by atoms with van der Waals surface area (Å²) in [6, 6.07) is 5.39. The lowest BCUT2D eigenvalue weighted by molar-refractivity contribution is -0.119. The minimum Gasteiger partial charge on any atom is -0.334 e. The number of hydrogen-bond donors (Lipinski definition) is 2. The first-order chi connectivity index (χ1) is 12.8. The molecule has 0 unspecified atom stereocenters. The van der Waals surface area contributed by atoms with E-state index in [9.17, 15) is 13.2 Å². The largest absolute Gasteiger partial charge is 0.334 e. The molecule has 1 saturated heterocycles. The molecule has 1 aliphatic heterocycles. The lowest BCUT2D eigenvalue weighted by atomic mass is 9.95. The molecule has 1 fully saturated rings. The van der Waals surface area contributed by atoms with Gasteiger partial charge in [0.2, 0.25) is 5.91 Å². The van der Waals surface area contributed by atoms with Gasteiger partial charge in [-0.2, -0.15) is 4.98 Å². The van der Waals surface area contributed by atoms with Gasteiger partial charge in [0.1, 0.15) is 0 Å². The second-order valence-electron chi connectivity index (χ2n) is 6.87. The number of sulfone groups is 1. The summed E-state index contributed by atoms with van der Waals surface area (Å²) in [5.41, 5.74) is 2.03. The van der Waals surface area contributed by atoms with E-state index in [4.69, 9.17) is 4.52 Å². The van der Waals surface area contributed by atoms with E-state index in [1.165, 1.54) is 0 Å². The predicted molar refractivity (Wildman–Crippen MR) is 102 cm³/mol. The molecular weight excluding hydrogens is 368 g/mol. The minimum atomic E-state index is -3.57. The molecule has 0 spiro atoms. The molecule has 2 heterocycles. The Balaban J connectivity index is 1.92. The molecule has 0 atom stereocenters. The summed E-state index contributed by atoms with van der Waals surface area (Å²) in [5.74, 6) is 0.468. The molecule has 1 aromatic heterocycles. The van der Waals surface area contributed by atoms with Gasteiger partial charge in [0.25, 0.3) is 5.89 Å². The van der Waals surface area contributed by atoms with Crippen molar-refractivity contribution in [1.82, 2.24) is 15.5 Å². The standard InChI is InChI=1S/C18H24N4O4S/c1-4-15-21-16(26-22-15)13-6-5-12(2)14(11-13)20-17(23)18(27(3,24)25)7-9-19-10-8-18/h5-6,11,19H,4,7-10H2,1-3H3,(H,20,23). The number of benzene rings is 1. The number of nitrogens with zero attached hydrogens (tertiary/aromatic N) is 2. The summed E-state index contributed by atoms with van der Waals surface area (Å²) in [6.07, 6.45) is 2.29. The van der Waals surface area contributed by atoms with Crippen molar-refractivity contribution >= 4 is 21.4 Å². The molecule has 2 aromatic rings. The highest BCUT2D eigenvalue weighted by Crippen LogP contribution is 2.31. The molecule has 0 bridgehead atoms. The fourth-order valence-corrected chi connectivity index (χ4v) is 4.57. The summed E-state index contributed by atoms with van der Waals surface area (Å²) in [6.45, 7) is 4.75. The Morgan fingerprint density at radius 2 is 2.04 bits per heavy atom. The monoisotopic (exact) mass is 392 g/mol. The third-order valence-corrected chi connectivity index (χ3v) is 7.07. The molecule has 3 rings (SSSR count). The second kappa shape index (κ2) is 7.40. The molecule has 146 valence electrons. The molecule has 0 saturated carbocycles. The number of rotatable bonds is 5. The van der Waals surface area contributed by atoms with E-state index in [0.29, 0.717) is 42.5 Å². The molecular formula is C18H24N4O4S. The summed E-state index contributed by atoms with van der Waals surface area (Å²) < 4.78 is 28.7. The molecule has 1 amide bonds. The molecule has 2 N–H and O–H groups in total. The molecule has 0 radical (unpaired) electrons. The Hall–Kier alpha value is -2.26. The van der Waals surface area contributed by atoms with Gasteiger partial charge >= 0.3 is 0 Å². The first-order valence-electron chi connectivity index (χ1n) is 8.92. The van der Waals surface area contributed by atoms with Gasteiger partial charge in [0.05, 0.1) is 0 Å². The molecule has 9 heteroatoms.